The van der Waals surface area contributed by atoms with Gasteiger partial charge in [0.25, 0.3) is 5.91 Å². The van der Waals surface area contributed by atoms with Crippen molar-refractivity contribution in [3.05, 3.63) is 0 Å². The lowest BCUT2D eigenvalue weighted by atomic mass is 10.3. The highest BCUT2D eigenvalue weighted by Gasteiger charge is 2.09. The first-order valence-corrected chi connectivity index (χ1v) is 2.63. The Labute approximate surface area is 57.6 Å². The van der Waals surface area contributed by atoms with Crippen LogP contribution >= 0.6 is 0 Å². The zero-order valence-corrected chi connectivity index (χ0v) is 5.46. The van der Waals surface area contributed by atoms with Crippen LogP contribution in [0.3, 0.4) is 0 Å². The summed E-state index contributed by atoms with van der Waals surface area (Å²) in [5, 5.41) is 2.05. The molecule has 0 aromatic rings. The Bertz CT molecular complexity index is 166. The third-order valence-corrected chi connectivity index (χ3v) is 0.893. The molecule has 5 nitrogen and oxygen atoms in total. The van der Waals surface area contributed by atoms with Gasteiger partial charge in [-0.25, -0.2) is 0 Å². The molecule has 0 bridgehead atoms. The number of hydrogen-bond acceptors (Lipinski definition) is 3. The van der Waals surface area contributed by atoms with Crippen molar-refractivity contribution in [2.75, 3.05) is 0 Å². The molecule has 2 amide bonds. The van der Waals surface area contributed by atoms with Crippen LogP contribution in [0.5, 0.6) is 0 Å². The molecule has 3 N–H and O–H groups in total. The molecule has 0 aromatic heterocycles. The lowest BCUT2D eigenvalue weighted by Gasteiger charge is -2.05. The molecule has 0 rings (SSSR count). The number of nitrogens with one attached hydrogen (secondary N) is 1. The second-order valence-corrected chi connectivity index (χ2v) is 1.75. The lowest BCUT2D eigenvalue weighted by Crippen LogP contribution is -2.42. The van der Waals surface area contributed by atoms with Crippen LogP contribution in [0.4, 0.5) is 0 Å². The van der Waals surface area contributed by atoms with E-state index in [-0.39, 0.29) is 6.29 Å². The summed E-state index contributed by atoms with van der Waals surface area (Å²) in [6, 6.07) is -0.794. The van der Waals surface area contributed by atoms with Gasteiger partial charge in [-0.2, -0.15) is 0 Å². The van der Waals surface area contributed by atoms with Crippen molar-refractivity contribution in [3.8, 4) is 0 Å². The van der Waals surface area contributed by atoms with E-state index in [1.807, 2.05) is 5.32 Å². The molecule has 5 heteroatoms. The highest BCUT2D eigenvalue weighted by molar-refractivity contribution is 6.24. The van der Waals surface area contributed by atoms with E-state index in [4.69, 9.17) is 5.73 Å². The van der Waals surface area contributed by atoms with Crippen LogP contribution in [0.1, 0.15) is 6.92 Å². The molecule has 56 valence electrons. The Kier molecular flexibility index (Phi) is 3.10. The molecule has 10 heavy (non-hydrogen) atoms. The van der Waals surface area contributed by atoms with Gasteiger partial charge < -0.3 is 11.1 Å². The maximum atomic E-state index is 10.2. The summed E-state index contributed by atoms with van der Waals surface area (Å²) in [5.41, 5.74) is 4.77. The molecular formula is C5H8N2O3. The number of amides is 2. The first-order chi connectivity index (χ1) is 4.57. The average Bonchev–Trinajstić information content (AvgIpc) is 1.87. The van der Waals surface area contributed by atoms with Crippen LogP contribution in [0.15, 0.2) is 0 Å². The predicted molar refractivity (Wildman–Crippen MR) is 32.9 cm³/mol. The van der Waals surface area contributed by atoms with Gasteiger partial charge in [-0.15, -0.1) is 0 Å². The summed E-state index contributed by atoms with van der Waals surface area (Å²) in [4.78, 5) is 30.2. The lowest BCUT2D eigenvalue weighted by molar-refractivity contribution is -0.133. The van der Waals surface area contributed by atoms with Gasteiger partial charge in [0, 0.05) is 0 Å². The summed E-state index contributed by atoms with van der Waals surface area (Å²) in [7, 11) is 0. The number of nitrogens with two attached hydrogens (primary N) is 1. The van der Waals surface area contributed by atoms with E-state index in [1.54, 1.807) is 0 Å². The van der Waals surface area contributed by atoms with E-state index in [2.05, 4.69) is 0 Å². The Morgan fingerprint density at radius 3 is 2.40 bits per heavy atom. The van der Waals surface area contributed by atoms with Crippen molar-refractivity contribution >= 4 is 18.1 Å². The van der Waals surface area contributed by atoms with E-state index in [9.17, 15) is 14.4 Å². The van der Waals surface area contributed by atoms with Crippen LogP contribution in [0, 0.1) is 0 Å². The fourth-order valence-electron chi connectivity index (χ4n) is 0.319. The number of primary amides is 1. The Morgan fingerprint density at radius 2 is 2.10 bits per heavy atom. The molecule has 0 fully saturated rings. The molecule has 0 aromatic carbocycles. The van der Waals surface area contributed by atoms with Crippen molar-refractivity contribution in [3.63, 3.8) is 0 Å². The molecule has 0 spiro atoms. The van der Waals surface area contributed by atoms with E-state index in [0.717, 1.165) is 0 Å². The maximum Gasteiger partial charge on any atom is 0.284 e. The highest BCUT2D eigenvalue weighted by atomic mass is 16.2. The van der Waals surface area contributed by atoms with Crippen molar-refractivity contribution in [2.24, 2.45) is 5.73 Å². The minimum atomic E-state index is -0.841. The molecule has 0 aliphatic carbocycles. The average molecular weight is 144 g/mol. The number of hydrogen-bond donors (Lipinski definition) is 2. The van der Waals surface area contributed by atoms with Gasteiger partial charge >= 0.3 is 0 Å². The normalized spacial score (nSPS) is 11.7. The molecule has 0 saturated heterocycles. The van der Waals surface area contributed by atoms with Crippen molar-refractivity contribution < 1.29 is 14.4 Å². The second-order valence-electron chi connectivity index (χ2n) is 1.75. The molecule has 0 heterocycles. The summed E-state index contributed by atoms with van der Waals surface area (Å²) in [6.07, 6.45) is 0.0828. The van der Waals surface area contributed by atoms with E-state index >= 15 is 0 Å². The number of aldehydes is 1. The molecular weight excluding hydrogens is 136 g/mol. The smallest absolute Gasteiger partial charge is 0.284 e. The highest BCUT2D eigenvalue weighted by Crippen LogP contribution is 1.75. The molecule has 0 radical (unpaired) electrons. The van der Waals surface area contributed by atoms with E-state index in [0.29, 0.717) is 0 Å². The fraction of sp³-hybridized carbons (Fsp3) is 0.400. The summed E-state index contributed by atoms with van der Waals surface area (Å²) in [6.45, 7) is 1.39. The summed E-state index contributed by atoms with van der Waals surface area (Å²) in [5.74, 6) is -1.51. The largest absolute Gasteiger partial charge is 0.368 e. The Hall–Kier alpha value is -1.39. The van der Waals surface area contributed by atoms with Crippen molar-refractivity contribution in [1.82, 2.24) is 5.32 Å². The molecule has 0 saturated carbocycles. The molecule has 1 unspecified atom stereocenters. The molecule has 1 atom stereocenters. The minimum absolute atomic E-state index is 0.0828. The third kappa shape index (κ3) is 2.81. The maximum absolute atomic E-state index is 10.2. The van der Waals surface area contributed by atoms with Crippen molar-refractivity contribution in [2.45, 2.75) is 13.0 Å². The van der Waals surface area contributed by atoms with E-state index in [1.165, 1.54) is 6.92 Å². The van der Waals surface area contributed by atoms with Crippen LogP contribution in [0.25, 0.3) is 0 Å². The Morgan fingerprint density at radius 1 is 1.60 bits per heavy atom. The number of rotatable bonds is 3. The van der Waals surface area contributed by atoms with Crippen LogP contribution < -0.4 is 11.1 Å². The van der Waals surface area contributed by atoms with Crippen molar-refractivity contribution in [1.29, 1.82) is 0 Å². The van der Waals surface area contributed by atoms with Crippen LogP contribution in [0.2, 0.25) is 0 Å². The topological polar surface area (TPSA) is 89.3 Å². The first kappa shape index (κ1) is 8.61. The SMILES string of the molecule is CC(NC(=O)C=O)C(N)=O. The van der Waals surface area contributed by atoms with Gasteiger partial charge in [0.05, 0.1) is 0 Å². The standard InChI is InChI=1S/C5H8N2O3/c1-3(5(6)10)7-4(9)2-8/h2-3H,1H3,(H2,6,10)(H,7,9). The zero-order valence-electron chi connectivity index (χ0n) is 5.46. The minimum Gasteiger partial charge on any atom is -0.368 e. The van der Waals surface area contributed by atoms with Gasteiger partial charge in [0.2, 0.25) is 12.2 Å². The number of carbonyl (C=O) groups excluding carboxylic acids is 3. The monoisotopic (exact) mass is 144 g/mol. The quantitative estimate of drug-likeness (QED) is 0.361. The van der Waals surface area contributed by atoms with Crippen LogP contribution in [-0.2, 0) is 14.4 Å². The Balaban J connectivity index is 3.79. The third-order valence-electron chi connectivity index (χ3n) is 0.893. The predicted octanol–water partition coefficient (Wildman–Crippen LogP) is -1.82. The number of carbonyl (C=O) groups is 3. The van der Waals surface area contributed by atoms with Gasteiger partial charge in [-0.3, -0.25) is 14.4 Å². The second kappa shape index (κ2) is 3.60. The van der Waals surface area contributed by atoms with Gasteiger partial charge in [0.1, 0.15) is 6.04 Å². The van der Waals surface area contributed by atoms with Gasteiger partial charge in [0.15, 0.2) is 0 Å². The molecule has 0 aliphatic heterocycles. The van der Waals surface area contributed by atoms with E-state index < -0.39 is 17.9 Å². The molecule has 0 aliphatic rings. The van der Waals surface area contributed by atoms with Gasteiger partial charge in [-0.1, -0.05) is 0 Å². The summed E-state index contributed by atoms with van der Waals surface area (Å²) < 4.78 is 0. The zero-order chi connectivity index (χ0) is 8.15. The first-order valence-electron chi connectivity index (χ1n) is 2.63. The van der Waals surface area contributed by atoms with Gasteiger partial charge in [-0.05, 0) is 6.92 Å². The summed E-state index contributed by atoms with van der Waals surface area (Å²) >= 11 is 0. The fourth-order valence-corrected chi connectivity index (χ4v) is 0.319. The van der Waals surface area contributed by atoms with Crippen LogP contribution in [-0.4, -0.2) is 24.1 Å².